The second-order valence-electron chi connectivity index (χ2n) is 6.35. The van der Waals surface area contributed by atoms with Gasteiger partial charge in [0.2, 0.25) is 0 Å². The van der Waals surface area contributed by atoms with Crippen molar-refractivity contribution in [3.05, 3.63) is 30.1 Å². The number of hydrogen-bond donors (Lipinski definition) is 2. The first-order valence-electron chi connectivity index (χ1n) is 9.44. The van der Waals surface area contributed by atoms with E-state index in [-0.39, 0.29) is 24.0 Å². The molecule has 1 saturated heterocycles. The molecule has 0 bridgehead atoms. The lowest BCUT2D eigenvalue weighted by atomic mass is 10.2. The molecule has 0 radical (unpaired) electrons. The van der Waals surface area contributed by atoms with Crippen molar-refractivity contribution in [2.24, 2.45) is 4.99 Å². The average Bonchev–Trinajstić information content (AvgIpc) is 3.20. The zero-order chi connectivity index (χ0) is 19.1. The summed E-state index contributed by atoms with van der Waals surface area (Å²) in [4.78, 5) is 11.7. The highest BCUT2D eigenvalue weighted by Gasteiger charge is 2.21. The number of aromatic amines is 1. The molecule has 1 aliphatic heterocycles. The van der Waals surface area contributed by atoms with E-state index in [1.54, 1.807) is 7.11 Å². The Bertz CT molecular complexity index is 751. The number of H-pyrrole nitrogens is 1. The Morgan fingerprint density at radius 1 is 1.36 bits per heavy atom. The third-order valence-corrected chi connectivity index (χ3v) is 5.86. The molecule has 9 heteroatoms. The molecule has 0 aliphatic carbocycles. The third-order valence-electron chi connectivity index (χ3n) is 4.49. The minimum atomic E-state index is 0. The zero-order valence-corrected chi connectivity index (χ0v) is 19.8. The summed E-state index contributed by atoms with van der Waals surface area (Å²) >= 11 is 2.06. The molecule has 2 heterocycles. The van der Waals surface area contributed by atoms with E-state index in [4.69, 9.17) is 9.73 Å². The molecule has 28 heavy (non-hydrogen) atoms. The monoisotopic (exact) mass is 516 g/mol. The minimum Gasteiger partial charge on any atom is -0.497 e. The first-order chi connectivity index (χ1) is 13.2. The summed E-state index contributed by atoms with van der Waals surface area (Å²) in [5.41, 5.74) is 0.952. The Morgan fingerprint density at radius 2 is 2.14 bits per heavy atom. The topological polar surface area (TPSA) is 78.4 Å². The number of thioether (sulfide) groups is 1. The lowest BCUT2D eigenvalue weighted by Gasteiger charge is -2.34. The van der Waals surface area contributed by atoms with Gasteiger partial charge in [0.05, 0.1) is 7.11 Å². The lowest BCUT2D eigenvalue weighted by molar-refractivity contribution is 0.408. The van der Waals surface area contributed by atoms with Crippen LogP contribution >= 0.6 is 35.7 Å². The first-order valence-corrected chi connectivity index (χ1v) is 10.5. The summed E-state index contributed by atoms with van der Waals surface area (Å²) in [7, 11) is 1.66. The van der Waals surface area contributed by atoms with Gasteiger partial charge in [-0.3, -0.25) is 5.10 Å². The van der Waals surface area contributed by atoms with Crippen LogP contribution in [0.4, 0.5) is 0 Å². The van der Waals surface area contributed by atoms with Crippen LogP contribution in [-0.4, -0.2) is 63.8 Å². The van der Waals surface area contributed by atoms with Gasteiger partial charge < -0.3 is 15.0 Å². The Hall–Kier alpha value is -1.49. The molecule has 1 aromatic carbocycles. The van der Waals surface area contributed by atoms with Crippen molar-refractivity contribution in [2.75, 3.05) is 32.5 Å². The van der Waals surface area contributed by atoms with Gasteiger partial charge in [0.25, 0.3) is 0 Å². The summed E-state index contributed by atoms with van der Waals surface area (Å²) in [5, 5.41) is 11.4. The van der Waals surface area contributed by atoms with Gasteiger partial charge >= 0.3 is 0 Å². The lowest BCUT2D eigenvalue weighted by Crippen LogP contribution is -2.48. The number of ether oxygens (including phenoxy) is 1. The van der Waals surface area contributed by atoms with Crippen LogP contribution < -0.4 is 10.1 Å². The minimum absolute atomic E-state index is 0. The van der Waals surface area contributed by atoms with Gasteiger partial charge in [-0.1, -0.05) is 6.92 Å². The van der Waals surface area contributed by atoms with Gasteiger partial charge in [-0.2, -0.15) is 16.9 Å². The van der Waals surface area contributed by atoms with E-state index in [0.717, 1.165) is 48.5 Å². The molecule has 154 valence electrons. The predicted molar refractivity (Wildman–Crippen MR) is 127 cm³/mol. The first kappa shape index (κ1) is 22.8. The van der Waals surface area contributed by atoms with E-state index >= 15 is 0 Å². The van der Waals surface area contributed by atoms with Gasteiger partial charge in [0, 0.05) is 36.2 Å². The molecular formula is C19H29IN6OS. The predicted octanol–water partition coefficient (Wildman–Crippen LogP) is 3.39. The molecule has 1 unspecified atom stereocenters. The van der Waals surface area contributed by atoms with Crippen LogP contribution in [-0.2, 0) is 6.54 Å². The molecule has 0 amide bonds. The molecular weight excluding hydrogens is 487 g/mol. The van der Waals surface area contributed by atoms with Crippen molar-refractivity contribution in [3.8, 4) is 17.1 Å². The molecule has 1 aromatic heterocycles. The molecule has 1 fully saturated rings. The Kier molecular flexibility index (Phi) is 9.36. The second-order valence-corrected chi connectivity index (χ2v) is 7.76. The van der Waals surface area contributed by atoms with Crippen molar-refractivity contribution in [3.63, 3.8) is 0 Å². The zero-order valence-electron chi connectivity index (χ0n) is 16.6. The highest BCUT2D eigenvalue weighted by molar-refractivity contribution is 14.0. The van der Waals surface area contributed by atoms with E-state index in [9.17, 15) is 0 Å². The number of methoxy groups -OCH3 is 1. The van der Waals surface area contributed by atoms with E-state index in [1.165, 1.54) is 6.42 Å². The van der Waals surface area contributed by atoms with Crippen molar-refractivity contribution in [1.82, 2.24) is 25.4 Å². The van der Waals surface area contributed by atoms with E-state index < -0.39 is 0 Å². The largest absolute Gasteiger partial charge is 0.497 e. The fourth-order valence-corrected chi connectivity index (χ4v) is 4.15. The van der Waals surface area contributed by atoms with E-state index in [2.05, 4.69) is 51.0 Å². The van der Waals surface area contributed by atoms with Crippen molar-refractivity contribution >= 4 is 41.7 Å². The molecule has 2 aromatic rings. The maximum atomic E-state index is 5.19. The van der Waals surface area contributed by atoms with Crippen LogP contribution in [0, 0.1) is 0 Å². The fraction of sp³-hybridized carbons (Fsp3) is 0.526. The van der Waals surface area contributed by atoms with Crippen LogP contribution in [0.25, 0.3) is 11.4 Å². The van der Waals surface area contributed by atoms with Crippen molar-refractivity contribution < 1.29 is 4.74 Å². The standard InChI is InChI=1S/C19H28N6OS.HI/c1-4-16-13-25(10-11-27-16)19(20-5-2)21-12-17-22-18(24-23-17)14-6-8-15(26-3)9-7-14;/h6-9,16H,4-5,10-13H2,1-3H3,(H,20,21)(H,22,23,24);1H. The maximum Gasteiger partial charge on any atom is 0.194 e. The number of benzene rings is 1. The molecule has 1 atom stereocenters. The van der Waals surface area contributed by atoms with Crippen molar-refractivity contribution in [1.29, 1.82) is 0 Å². The molecule has 2 N–H and O–H groups in total. The number of hydrogen-bond acceptors (Lipinski definition) is 5. The molecule has 3 rings (SSSR count). The third kappa shape index (κ3) is 6.00. The van der Waals surface area contributed by atoms with Crippen LogP contribution in [0.2, 0.25) is 0 Å². The van der Waals surface area contributed by atoms with Crippen LogP contribution in [0.15, 0.2) is 29.3 Å². The Morgan fingerprint density at radius 3 is 2.82 bits per heavy atom. The Balaban J connectivity index is 0.00000280. The van der Waals surface area contributed by atoms with Gasteiger partial charge in [0.1, 0.15) is 18.1 Å². The molecule has 0 spiro atoms. The fourth-order valence-electron chi connectivity index (χ4n) is 2.97. The normalized spacial score (nSPS) is 17.2. The maximum absolute atomic E-state index is 5.19. The number of nitrogens with zero attached hydrogens (tertiary/aromatic N) is 4. The number of aromatic nitrogens is 3. The quantitative estimate of drug-likeness (QED) is 0.348. The average molecular weight is 516 g/mol. The molecule has 7 nitrogen and oxygen atoms in total. The summed E-state index contributed by atoms with van der Waals surface area (Å²) in [5.74, 6) is 4.35. The summed E-state index contributed by atoms with van der Waals surface area (Å²) < 4.78 is 5.19. The molecule has 1 aliphatic rings. The van der Waals surface area contributed by atoms with Gasteiger partial charge in [-0.05, 0) is 37.6 Å². The number of rotatable bonds is 6. The SMILES string of the molecule is CCNC(=NCc1nc(-c2ccc(OC)cc2)n[nH]1)N1CCSC(CC)C1.I. The highest BCUT2D eigenvalue weighted by Crippen LogP contribution is 2.21. The highest BCUT2D eigenvalue weighted by atomic mass is 127. The number of aliphatic imine (C=N–C) groups is 1. The number of halogens is 1. The number of nitrogens with one attached hydrogen (secondary N) is 2. The van der Waals surface area contributed by atoms with Crippen LogP contribution in [0.1, 0.15) is 26.1 Å². The smallest absolute Gasteiger partial charge is 0.194 e. The summed E-state index contributed by atoms with van der Waals surface area (Å²) in [6, 6.07) is 7.72. The molecule has 0 saturated carbocycles. The van der Waals surface area contributed by atoms with Gasteiger partial charge in [0.15, 0.2) is 11.8 Å². The number of guanidine groups is 1. The van der Waals surface area contributed by atoms with E-state index in [0.29, 0.717) is 17.6 Å². The summed E-state index contributed by atoms with van der Waals surface area (Å²) in [6.07, 6.45) is 1.19. The van der Waals surface area contributed by atoms with Crippen LogP contribution in [0.3, 0.4) is 0 Å². The van der Waals surface area contributed by atoms with Gasteiger partial charge in [-0.25, -0.2) is 9.98 Å². The Labute approximate surface area is 188 Å². The van der Waals surface area contributed by atoms with E-state index in [1.807, 2.05) is 24.3 Å². The van der Waals surface area contributed by atoms with Gasteiger partial charge in [-0.15, -0.1) is 24.0 Å². The second kappa shape index (κ2) is 11.5. The van der Waals surface area contributed by atoms with Crippen molar-refractivity contribution in [2.45, 2.75) is 32.1 Å². The van der Waals surface area contributed by atoms with Crippen LogP contribution in [0.5, 0.6) is 5.75 Å². The summed E-state index contributed by atoms with van der Waals surface area (Å²) in [6.45, 7) is 7.75.